The van der Waals surface area contributed by atoms with Crippen molar-refractivity contribution in [1.29, 1.82) is 0 Å². The van der Waals surface area contributed by atoms with Crippen molar-refractivity contribution in [2.45, 2.75) is 6.42 Å². The van der Waals surface area contributed by atoms with Gasteiger partial charge in [0.2, 0.25) is 5.91 Å². The van der Waals surface area contributed by atoms with Crippen molar-refractivity contribution in [1.82, 2.24) is 14.7 Å². The number of carbonyl (C=O) groups excluding carboxylic acids is 2. The molecule has 3 rings (SSSR count). The van der Waals surface area contributed by atoms with Gasteiger partial charge in [0.15, 0.2) is 0 Å². The Morgan fingerprint density at radius 3 is 2.50 bits per heavy atom. The molecule has 130 valence electrons. The van der Waals surface area contributed by atoms with Crippen LogP contribution < -0.4 is 5.73 Å². The van der Waals surface area contributed by atoms with Crippen LogP contribution in [-0.4, -0.2) is 78.9 Å². The third kappa shape index (κ3) is 4.43. The molecule has 0 radical (unpaired) electrons. The van der Waals surface area contributed by atoms with E-state index < -0.39 is 0 Å². The monoisotopic (exact) mass is 348 g/mol. The van der Waals surface area contributed by atoms with Crippen molar-refractivity contribution in [3.05, 3.63) is 34.0 Å². The first-order chi connectivity index (χ1) is 11.6. The van der Waals surface area contributed by atoms with Gasteiger partial charge in [0.1, 0.15) is 0 Å². The van der Waals surface area contributed by atoms with Crippen LogP contribution in [0.1, 0.15) is 16.1 Å². The zero-order valence-corrected chi connectivity index (χ0v) is 14.6. The quantitative estimate of drug-likeness (QED) is 0.792. The third-order valence-electron chi connectivity index (χ3n) is 4.58. The number of nitrogens with two attached hydrogens (primary N) is 1. The smallest absolute Gasteiger partial charge is 0.264 e. The van der Waals surface area contributed by atoms with E-state index in [-0.39, 0.29) is 11.8 Å². The molecule has 0 atom stereocenters. The maximum Gasteiger partial charge on any atom is 0.264 e. The molecular formula is C17H24N4O2S. The second-order valence-corrected chi connectivity index (χ2v) is 7.31. The van der Waals surface area contributed by atoms with Crippen LogP contribution in [0, 0.1) is 0 Å². The number of primary amides is 1. The van der Waals surface area contributed by atoms with E-state index in [2.05, 4.69) is 15.9 Å². The number of rotatable bonds is 5. The van der Waals surface area contributed by atoms with E-state index in [1.165, 1.54) is 16.9 Å². The number of nitrogens with zero attached hydrogens (tertiary/aromatic N) is 3. The van der Waals surface area contributed by atoms with Crippen LogP contribution in [0.25, 0.3) is 0 Å². The van der Waals surface area contributed by atoms with Crippen LogP contribution in [0.3, 0.4) is 0 Å². The van der Waals surface area contributed by atoms with Gasteiger partial charge in [-0.05, 0) is 17.9 Å². The Hall–Kier alpha value is -1.70. The summed E-state index contributed by atoms with van der Waals surface area (Å²) in [5.41, 5.74) is 6.66. The number of piperazine rings is 1. The number of hydrogen-bond acceptors (Lipinski definition) is 5. The first kappa shape index (κ1) is 17.1. The van der Waals surface area contributed by atoms with Gasteiger partial charge in [0.25, 0.3) is 5.91 Å². The number of carbonyl (C=O) groups is 2. The van der Waals surface area contributed by atoms with Crippen LogP contribution >= 0.6 is 11.3 Å². The van der Waals surface area contributed by atoms with Crippen LogP contribution in [0.2, 0.25) is 0 Å². The van der Waals surface area contributed by atoms with E-state index in [9.17, 15) is 9.59 Å². The first-order valence-corrected chi connectivity index (χ1v) is 9.23. The zero-order chi connectivity index (χ0) is 16.9. The summed E-state index contributed by atoms with van der Waals surface area (Å²) in [6.45, 7) is 6.41. The average Bonchev–Trinajstić information content (AvgIpc) is 3.11. The highest BCUT2D eigenvalue weighted by atomic mass is 32.1. The molecule has 1 saturated heterocycles. The Balaban J connectivity index is 1.44. The number of hydrogen-bond donors (Lipinski definition) is 1. The molecule has 0 saturated carbocycles. The molecule has 2 aliphatic heterocycles. The van der Waals surface area contributed by atoms with Gasteiger partial charge in [0, 0.05) is 45.8 Å². The summed E-state index contributed by atoms with van der Waals surface area (Å²) in [6.07, 6.45) is 3.21. The molecule has 2 aliphatic rings. The topological polar surface area (TPSA) is 69.9 Å². The summed E-state index contributed by atoms with van der Waals surface area (Å²) >= 11 is 1.51. The van der Waals surface area contributed by atoms with Crippen molar-refractivity contribution >= 4 is 23.2 Å². The molecule has 24 heavy (non-hydrogen) atoms. The predicted molar refractivity (Wildman–Crippen MR) is 95.0 cm³/mol. The van der Waals surface area contributed by atoms with E-state index in [0.717, 1.165) is 57.1 Å². The summed E-state index contributed by atoms with van der Waals surface area (Å²) in [6, 6.07) is 3.81. The molecule has 3 heterocycles. The van der Waals surface area contributed by atoms with E-state index in [1.54, 1.807) is 0 Å². The van der Waals surface area contributed by atoms with E-state index >= 15 is 0 Å². The Morgan fingerprint density at radius 1 is 1.12 bits per heavy atom. The van der Waals surface area contributed by atoms with E-state index in [1.807, 2.05) is 22.4 Å². The van der Waals surface area contributed by atoms with Gasteiger partial charge in [-0.2, -0.15) is 0 Å². The Bertz CT molecular complexity index is 606. The molecule has 1 fully saturated rings. The lowest BCUT2D eigenvalue weighted by atomic mass is 10.1. The van der Waals surface area contributed by atoms with Gasteiger partial charge in [0.05, 0.1) is 11.4 Å². The van der Waals surface area contributed by atoms with Gasteiger partial charge in [-0.1, -0.05) is 17.7 Å². The van der Waals surface area contributed by atoms with Crippen LogP contribution in [0.5, 0.6) is 0 Å². The maximum atomic E-state index is 12.3. The highest BCUT2D eigenvalue weighted by Gasteiger charge is 2.23. The molecule has 7 heteroatoms. The first-order valence-electron chi connectivity index (χ1n) is 8.35. The minimum atomic E-state index is -0.265. The molecular weight excluding hydrogens is 324 g/mol. The van der Waals surface area contributed by atoms with Gasteiger partial charge < -0.3 is 10.6 Å². The summed E-state index contributed by atoms with van der Waals surface area (Å²) in [5, 5.41) is 1.94. The van der Waals surface area contributed by atoms with Crippen molar-refractivity contribution in [2.75, 3.05) is 52.4 Å². The van der Waals surface area contributed by atoms with Crippen molar-refractivity contribution in [3.8, 4) is 0 Å². The zero-order valence-electron chi connectivity index (χ0n) is 13.8. The average molecular weight is 348 g/mol. The second kappa shape index (κ2) is 7.92. The predicted octanol–water partition coefficient (Wildman–Crippen LogP) is 0.623. The fraction of sp³-hybridized carbons (Fsp3) is 0.529. The van der Waals surface area contributed by atoms with Crippen LogP contribution in [0.4, 0.5) is 0 Å². The lowest BCUT2D eigenvalue weighted by molar-refractivity contribution is -0.119. The summed E-state index contributed by atoms with van der Waals surface area (Å²) in [5.74, 6) is -0.109. The fourth-order valence-corrected chi connectivity index (χ4v) is 3.90. The van der Waals surface area contributed by atoms with E-state index in [4.69, 9.17) is 5.73 Å². The lowest BCUT2D eigenvalue weighted by Gasteiger charge is -2.36. The molecule has 1 aromatic heterocycles. The summed E-state index contributed by atoms with van der Waals surface area (Å²) in [7, 11) is 0. The van der Waals surface area contributed by atoms with Crippen molar-refractivity contribution in [3.63, 3.8) is 0 Å². The molecule has 0 bridgehead atoms. The van der Waals surface area contributed by atoms with E-state index in [0.29, 0.717) is 6.54 Å². The lowest BCUT2D eigenvalue weighted by Crippen LogP contribution is -2.49. The highest BCUT2D eigenvalue weighted by molar-refractivity contribution is 7.12. The van der Waals surface area contributed by atoms with Gasteiger partial charge in [-0.25, -0.2) is 0 Å². The standard InChI is InChI=1S/C17H24N4O2S/c18-16(22)13-19-5-3-14(4-6-19)12-20-7-9-21(10-8-20)17(23)15-2-1-11-24-15/h1-3,11H,4-10,12-13H2,(H2,18,22). The second-order valence-electron chi connectivity index (χ2n) is 6.36. The summed E-state index contributed by atoms with van der Waals surface area (Å²) in [4.78, 5) is 30.6. The van der Waals surface area contributed by atoms with Crippen LogP contribution in [-0.2, 0) is 4.79 Å². The van der Waals surface area contributed by atoms with Crippen molar-refractivity contribution in [2.24, 2.45) is 5.73 Å². The minimum Gasteiger partial charge on any atom is -0.369 e. The highest BCUT2D eigenvalue weighted by Crippen LogP contribution is 2.16. The molecule has 0 spiro atoms. The largest absolute Gasteiger partial charge is 0.369 e. The van der Waals surface area contributed by atoms with Gasteiger partial charge in [-0.3, -0.25) is 19.4 Å². The molecule has 0 aliphatic carbocycles. The Morgan fingerprint density at radius 2 is 1.92 bits per heavy atom. The van der Waals surface area contributed by atoms with Gasteiger partial charge >= 0.3 is 0 Å². The van der Waals surface area contributed by atoms with Gasteiger partial charge in [-0.15, -0.1) is 11.3 Å². The fourth-order valence-electron chi connectivity index (χ4n) is 3.21. The SMILES string of the molecule is NC(=O)CN1CC=C(CN2CCN(C(=O)c3cccs3)CC2)CC1. The minimum absolute atomic E-state index is 0.156. The Kier molecular flexibility index (Phi) is 5.65. The van der Waals surface area contributed by atoms with Crippen molar-refractivity contribution < 1.29 is 9.59 Å². The molecule has 2 amide bonds. The molecule has 0 unspecified atom stereocenters. The molecule has 2 N–H and O–H groups in total. The molecule has 1 aromatic rings. The molecule has 6 nitrogen and oxygen atoms in total. The number of amides is 2. The maximum absolute atomic E-state index is 12.3. The summed E-state index contributed by atoms with van der Waals surface area (Å²) < 4.78 is 0. The van der Waals surface area contributed by atoms with Crippen LogP contribution in [0.15, 0.2) is 29.2 Å². The molecule has 0 aromatic carbocycles. The normalized spacial score (nSPS) is 20.0. The third-order valence-corrected chi connectivity index (χ3v) is 5.44. The number of thiophene rings is 1. The Labute approximate surface area is 146 Å².